The number of rotatable bonds is 4. The van der Waals surface area contributed by atoms with Gasteiger partial charge in [0, 0.05) is 18.9 Å². The van der Waals surface area contributed by atoms with Crippen molar-refractivity contribution in [2.75, 3.05) is 0 Å². The van der Waals surface area contributed by atoms with Crippen LogP contribution in [0.5, 0.6) is 0 Å². The molecule has 2 rings (SSSR count). The van der Waals surface area contributed by atoms with Crippen LogP contribution in [0.25, 0.3) is 0 Å². The Balaban J connectivity index is 0.000000385. The monoisotopic (exact) mass is 317 g/mol. The molecule has 7 heteroatoms. The molecule has 0 fully saturated rings. The van der Waals surface area contributed by atoms with Gasteiger partial charge >= 0.3 is 0 Å². The summed E-state index contributed by atoms with van der Waals surface area (Å²) in [5.41, 5.74) is 0.928. The summed E-state index contributed by atoms with van der Waals surface area (Å²) < 4.78 is 35.4. The number of hydrogen-bond acceptors (Lipinski definition) is 3. The van der Waals surface area contributed by atoms with Gasteiger partial charge in [-0.3, -0.25) is 0 Å². The number of benzene rings is 1. The van der Waals surface area contributed by atoms with Crippen LogP contribution >= 0.6 is 0 Å². The third-order valence-electron chi connectivity index (χ3n) is 2.90. The minimum absolute atomic E-state index is 0. The van der Waals surface area contributed by atoms with E-state index in [0.29, 0.717) is 0 Å². The van der Waals surface area contributed by atoms with Crippen LogP contribution in [0.15, 0.2) is 47.9 Å². The molecule has 0 spiro atoms. The van der Waals surface area contributed by atoms with Crippen molar-refractivity contribution in [3.05, 3.63) is 48.5 Å². The van der Waals surface area contributed by atoms with Gasteiger partial charge in [-0.1, -0.05) is 31.0 Å². The largest absolute Gasteiger partial charge is 0.744 e. The molecule has 0 bridgehead atoms. The van der Waals surface area contributed by atoms with Crippen LogP contribution in [0.1, 0.15) is 25.3 Å². The van der Waals surface area contributed by atoms with Gasteiger partial charge in [0.05, 0.1) is 18.5 Å². The minimum Gasteiger partial charge on any atom is -0.744 e. The predicted molar refractivity (Wildman–Crippen MR) is 85.4 cm³/mol. The van der Waals surface area contributed by atoms with E-state index in [2.05, 4.69) is 34.8 Å². The first-order chi connectivity index (χ1) is 9.82. The maximum Gasteiger partial charge on any atom is 0.243 e. The number of unbranched alkanes of at least 4 members (excludes halogenated alkanes) is 1. The van der Waals surface area contributed by atoms with Crippen LogP contribution in [0, 0.1) is 6.92 Å². The second kappa shape index (κ2) is 9.85. The molecular formula is C15H22LiN2O3S. The van der Waals surface area contributed by atoms with E-state index < -0.39 is 10.1 Å². The summed E-state index contributed by atoms with van der Waals surface area (Å²) in [5, 5.41) is 0. The van der Waals surface area contributed by atoms with Gasteiger partial charge in [0.2, 0.25) is 6.33 Å². The van der Waals surface area contributed by atoms with E-state index in [1.54, 1.807) is 12.1 Å². The third-order valence-corrected chi connectivity index (χ3v) is 3.75. The summed E-state index contributed by atoms with van der Waals surface area (Å²) >= 11 is 0. The van der Waals surface area contributed by atoms with Crippen molar-refractivity contribution in [2.45, 2.75) is 38.1 Å². The average Bonchev–Trinajstić information content (AvgIpc) is 2.82. The first-order valence-electron chi connectivity index (χ1n) is 6.86. The van der Waals surface area contributed by atoms with Gasteiger partial charge in [0.1, 0.15) is 22.5 Å². The smallest absolute Gasteiger partial charge is 0.243 e. The normalized spacial score (nSPS) is 10.4. The Hall–Kier alpha value is -1.06. The maximum absolute atomic E-state index is 10.4. The standard InChI is InChI=1S/C8H15N2.C7H8O3S.Li/c1-3-4-5-10-7-6-9(2)8-10;1-6-2-4-7(5-3-6)11(8,9)10;/h6-8H,3-5H2,1-2H3;2-5H,1H3,(H,8,9,10);/q+1;;/p-1. The molecule has 0 amide bonds. The van der Waals surface area contributed by atoms with Crippen LogP contribution in [0.3, 0.4) is 0 Å². The van der Waals surface area contributed by atoms with Gasteiger partial charge in [0.25, 0.3) is 0 Å². The van der Waals surface area contributed by atoms with E-state index in [4.69, 9.17) is 0 Å². The number of aryl methyl sites for hydroxylation is 3. The van der Waals surface area contributed by atoms with E-state index in [-0.39, 0.29) is 23.8 Å². The van der Waals surface area contributed by atoms with Crippen LogP contribution in [0.4, 0.5) is 0 Å². The summed E-state index contributed by atoms with van der Waals surface area (Å²) in [6, 6.07) is 5.78. The summed E-state index contributed by atoms with van der Waals surface area (Å²) in [5.74, 6) is 0. The summed E-state index contributed by atoms with van der Waals surface area (Å²) in [6.45, 7) is 5.18. The molecular weight excluding hydrogens is 295 g/mol. The van der Waals surface area contributed by atoms with Gasteiger partial charge in [-0.05, 0) is 25.5 Å². The number of aromatic nitrogens is 2. The molecule has 5 nitrogen and oxygen atoms in total. The van der Waals surface area contributed by atoms with Crippen LogP contribution in [-0.2, 0) is 23.7 Å². The Morgan fingerprint density at radius 3 is 2.23 bits per heavy atom. The van der Waals surface area contributed by atoms with Crippen molar-refractivity contribution in [2.24, 2.45) is 7.05 Å². The number of nitrogens with zero attached hydrogens (tertiary/aromatic N) is 2. The van der Waals surface area contributed by atoms with Crippen molar-refractivity contribution >= 4 is 29.0 Å². The Bertz CT molecular complexity index is 652. The van der Waals surface area contributed by atoms with E-state index in [1.807, 2.05) is 14.0 Å². The van der Waals surface area contributed by atoms with Crippen LogP contribution in [0.2, 0.25) is 0 Å². The SMILES string of the molecule is CCCCn1cc[n+](C)c1.Cc1ccc(S(=O)(=O)[O-])cc1.[Li]. The quantitative estimate of drug-likeness (QED) is 0.489. The summed E-state index contributed by atoms with van der Waals surface area (Å²) in [6.07, 6.45) is 8.82. The fraction of sp³-hybridized carbons (Fsp3) is 0.400. The fourth-order valence-electron chi connectivity index (χ4n) is 1.68. The molecule has 22 heavy (non-hydrogen) atoms. The molecule has 0 saturated carbocycles. The third kappa shape index (κ3) is 7.81. The van der Waals surface area contributed by atoms with E-state index in [1.165, 1.54) is 25.0 Å². The first kappa shape index (κ1) is 20.9. The van der Waals surface area contributed by atoms with Gasteiger partial charge in [0.15, 0.2) is 0 Å². The van der Waals surface area contributed by atoms with Crippen molar-refractivity contribution in [1.82, 2.24) is 4.57 Å². The Kier molecular flexibility index (Phi) is 9.38. The molecule has 1 aromatic heterocycles. The molecule has 1 aromatic carbocycles. The van der Waals surface area contributed by atoms with E-state index in [0.717, 1.165) is 12.1 Å². The Labute approximate surface area is 144 Å². The zero-order valence-electron chi connectivity index (χ0n) is 13.7. The molecule has 0 N–H and O–H groups in total. The van der Waals surface area contributed by atoms with Crippen molar-refractivity contribution in [3.8, 4) is 0 Å². The van der Waals surface area contributed by atoms with Crippen LogP contribution < -0.4 is 4.57 Å². The maximum atomic E-state index is 10.4. The topological polar surface area (TPSA) is 66.0 Å². The van der Waals surface area contributed by atoms with E-state index >= 15 is 0 Å². The Morgan fingerprint density at radius 2 is 1.82 bits per heavy atom. The van der Waals surface area contributed by atoms with Crippen molar-refractivity contribution in [3.63, 3.8) is 0 Å². The second-order valence-electron chi connectivity index (χ2n) is 4.94. The van der Waals surface area contributed by atoms with E-state index in [9.17, 15) is 13.0 Å². The van der Waals surface area contributed by atoms with Gasteiger partial charge in [-0.25, -0.2) is 17.6 Å². The number of hydrogen-bond donors (Lipinski definition) is 0. The van der Waals surface area contributed by atoms with Gasteiger partial charge in [-0.15, -0.1) is 0 Å². The second-order valence-corrected chi connectivity index (χ2v) is 6.32. The van der Waals surface area contributed by atoms with Crippen molar-refractivity contribution in [1.29, 1.82) is 0 Å². The molecule has 1 radical (unpaired) electrons. The molecule has 1 heterocycles. The zero-order chi connectivity index (χ0) is 15.9. The molecule has 0 aliphatic heterocycles. The summed E-state index contributed by atoms with van der Waals surface area (Å²) in [4.78, 5) is -0.178. The molecule has 0 atom stereocenters. The first-order valence-corrected chi connectivity index (χ1v) is 8.27. The predicted octanol–water partition coefficient (Wildman–Crippen LogP) is 1.63. The van der Waals surface area contributed by atoms with Crippen LogP contribution in [-0.4, -0.2) is 36.4 Å². The average molecular weight is 317 g/mol. The minimum atomic E-state index is -4.27. The molecule has 117 valence electrons. The zero-order valence-corrected chi connectivity index (χ0v) is 14.5. The Morgan fingerprint density at radius 1 is 1.23 bits per heavy atom. The summed E-state index contributed by atoms with van der Waals surface area (Å²) in [7, 11) is -2.23. The molecule has 2 aromatic rings. The van der Waals surface area contributed by atoms with Crippen molar-refractivity contribution < 1.29 is 17.5 Å². The molecule has 0 unspecified atom stereocenters. The molecule has 0 aliphatic carbocycles. The molecule has 0 aliphatic rings. The molecule has 0 saturated heterocycles. The van der Waals surface area contributed by atoms with Gasteiger partial charge in [-0.2, -0.15) is 0 Å². The fourth-order valence-corrected chi connectivity index (χ4v) is 2.15. The van der Waals surface area contributed by atoms with Gasteiger partial charge < -0.3 is 4.55 Å². The number of imidazole rings is 1.